The van der Waals surface area contributed by atoms with E-state index in [4.69, 9.17) is 0 Å². The Labute approximate surface area is 117 Å². The summed E-state index contributed by atoms with van der Waals surface area (Å²) in [5.74, 6) is 1.14. The number of nitrogens with one attached hydrogen (secondary N) is 1. The minimum absolute atomic E-state index is 0.185. The van der Waals surface area contributed by atoms with E-state index < -0.39 is 0 Å². The third kappa shape index (κ3) is 2.10. The molecule has 3 fully saturated rings. The van der Waals surface area contributed by atoms with Gasteiger partial charge in [-0.1, -0.05) is 39.0 Å². The van der Waals surface area contributed by atoms with E-state index in [-0.39, 0.29) is 11.7 Å². The Morgan fingerprint density at radius 3 is 2.58 bits per heavy atom. The van der Waals surface area contributed by atoms with Crippen LogP contribution in [-0.2, 0) is 4.79 Å². The molecule has 2 saturated carbocycles. The van der Waals surface area contributed by atoms with Gasteiger partial charge in [-0.15, -0.1) is 0 Å². The molecular weight excluding hydrogens is 236 g/mol. The van der Waals surface area contributed by atoms with Crippen molar-refractivity contribution in [1.82, 2.24) is 10.2 Å². The van der Waals surface area contributed by atoms with Gasteiger partial charge < -0.3 is 4.90 Å². The second kappa shape index (κ2) is 5.08. The Balaban J connectivity index is 1.81. The van der Waals surface area contributed by atoms with Crippen LogP contribution in [0, 0.1) is 5.92 Å². The lowest BCUT2D eigenvalue weighted by Crippen LogP contribution is -2.49. The number of amides is 1. The van der Waals surface area contributed by atoms with Crippen molar-refractivity contribution in [3.8, 4) is 0 Å². The van der Waals surface area contributed by atoms with Gasteiger partial charge in [0.15, 0.2) is 0 Å². The second-order valence-corrected chi connectivity index (χ2v) is 6.84. The molecule has 0 bridgehead atoms. The van der Waals surface area contributed by atoms with Crippen molar-refractivity contribution in [3.63, 3.8) is 0 Å². The predicted molar refractivity (Wildman–Crippen MR) is 76.7 cm³/mol. The Morgan fingerprint density at radius 1 is 1.21 bits per heavy atom. The first-order valence-electron chi connectivity index (χ1n) is 8.28. The van der Waals surface area contributed by atoms with Crippen molar-refractivity contribution in [3.05, 3.63) is 0 Å². The normalized spacial score (nSPS) is 38.3. The van der Waals surface area contributed by atoms with Gasteiger partial charge in [-0.25, -0.2) is 0 Å². The summed E-state index contributed by atoms with van der Waals surface area (Å²) in [6, 6.07) is 0.494. The molecule has 0 aromatic heterocycles. The molecule has 108 valence electrons. The summed E-state index contributed by atoms with van der Waals surface area (Å²) < 4.78 is 0. The van der Waals surface area contributed by atoms with Crippen LogP contribution in [0.15, 0.2) is 0 Å². The lowest BCUT2D eigenvalue weighted by molar-refractivity contribution is -0.137. The molecule has 3 aliphatic rings. The first-order chi connectivity index (χ1) is 9.18. The SMILES string of the molecule is CCC1CCCCC1N1C(=O)C2(CCCC2)NC1C. The molecule has 1 saturated heterocycles. The molecule has 0 radical (unpaired) electrons. The maximum Gasteiger partial charge on any atom is 0.244 e. The van der Waals surface area contributed by atoms with Crippen LogP contribution in [0.4, 0.5) is 0 Å². The smallest absolute Gasteiger partial charge is 0.244 e. The summed E-state index contributed by atoms with van der Waals surface area (Å²) >= 11 is 0. The van der Waals surface area contributed by atoms with Crippen LogP contribution in [0.2, 0.25) is 0 Å². The summed E-state index contributed by atoms with van der Waals surface area (Å²) in [6.45, 7) is 4.47. The quantitative estimate of drug-likeness (QED) is 0.831. The lowest BCUT2D eigenvalue weighted by atomic mass is 9.81. The molecule has 1 heterocycles. The molecule has 3 unspecified atom stereocenters. The molecule has 1 N–H and O–H groups in total. The van der Waals surface area contributed by atoms with Crippen LogP contribution in [0.5, 0.6) is 0 Å². The van der Waals surface area contributed by atoms with Crippen molar-refractivity contribution < 1.29 is 4.79 Å². The fraction of sp³-hybridized carbons (Fsp3) is 0.938. The number of nitrogens with zero attached hydrogens (tertiary/aromatic N) is 1. The number of hydrogen-bond donors (Lipinski definition) is 1. The minimum Gasteiger partial charge on any atom is -0.323 e. The molecule has 1 spiro atoms. The molecule has 2 aliphatic carbocycles. The lowest BCUT2D eigenvalue weighted by Gasteiger charge is -2.39. The highest BCUT2D eigenvalue weighted by Gasteiger charge is 2.53. The second-order valence-electron chi connectivity index (χ2n) is 6.84. The highest BCUT2D eigenvalue weighted by molar-refractivity contribution is 5.89. The molecule has 1 amide bonds. The van der Waals surface area contributed by atoms with Crippen molar-refractivity contribution in [2.75, 3.05) is 0 Å². The third-order valence-electron chi connectivity index (χ3n) is 5.75. The summed E-state index contributed by atoms with van der Waals surface area (Å²) in [4.78, 5) is 15.2. The van der Waals surface area contributed by atoms with E-state index in [1.807, 2.05) is 0 Å². The highest BCUT2D eigenvalue weighted by atomic mass is 16.2. The summed E-state index contributed by atoms with van der Waals surface area (Å²) in [7, 11) is 0. The van der Waals surface area contributed by atoms with E-state index >= 15 is 0 Å². The monoisotopic (exact) mass is 264 g/mol. The Morgan fingerprint density at radius 2 is 1.89 bits per heavy atom. The topological polar surface area (TPSA) is 32.3 Å². The van der Waals surface area contributed by atoms with Gasteiger partial charge in [0, 0.05) is 6.04 Å². The molecule has 3 nitrogen and oxygen atoms in total. The van der Waals surface area contributed by atoms with E-state index in [1.165, 1.54) is 44.9 Å². The van der Waals surface area contributed by atoms with Gasteiger partial charge in [0.05, 0.1) is 11.7 Å². The molecular formula is C16H28N2O. The number of carbonyl (C=O) groups is 1. The van der Waals surface area contributed by atoms with Gasteiger partial charge in [-0.2, -0.15) is 0 Å². The van der Waals surface area contributed by atoms with E-state index in [2.05, 4.69) is 24.1 Å². The molecule has 0 aromatic rings. The van der Waals surface area contributed by atoms with E-state index in [0.29, 0.717) is 11.9 Å². The number of carbonyl (C=O) groups excluding carboxylic acids is 1. The van der Waals surface area contributed by atoms with Crippen LogP contribution < -0.4 is 5.32 Å². The summed E-state index contributed by atoms with van der Waals surface area (Å²) in [6.07, 6.45) is 11.1. The van der Waals surface area contributed by atoms with Crippen molar-refractivity contribution in [2.24, 2.45) is 5.92 Å². The first-order valence-corrected chi connectivity index (χ1v) is 8.28. The third-order valence-corrected chi connectivity index (χ3v) is 5.75. The fourth-order valence-electron chi connectivity index (χ4n) is 4.76. The zero-order valence-electron chi connectivity index (χ0n) is 12.5. The largest absolute Gasteiger partial charge is 0.323 e. The van der Waals surface area contributed by atoms with Crippen LogP contribution in [0.3, 0.4) is 0 Å². The number of hydrogen-bond acceptors (Lipinski definition) is 2. The molecule has 0 aromatic carbocycles. The summed E-state index contributed by atoms with van der Waals surface area (Å²) in [5.41, 5.74) is -0.185. The van der Waals surface area contributed by atoms with Crippen molar-refractivity contribution in [1.29, 1.82) is 0 Å². The van der Waals surface area contributed by atoms with Gasteiger partial charge in [-0.05, 0) is 38.5 Å². The molecule has 3 heteroatoms. The minimum atomic E-state index is -0.185. The molecule has 19 heavy (non-hydrogen) atoms. The van der Waals surface area contributed by atoms with Crippen LogP contribution in [-0.4, -0.2) is 28.6 Å². The first kappa shape index (κ1) is 13.4. The van der Waals surface area contributed by atoms with Crippen molar-refractivity contribution in [2.45, 2.75) is 89.4 Å². The average molecular weight is 264 g/mol. The van der Waals surface area contributed by atoms with Crippen molar-refractivity contribution >= 4 is 5.91 Å². The van der Waals surface area contributed by atoms with Gasteiger partial charge in [0.2, 0.25) is 5.91 Å². The van der Waals surface area contributed by atoms with E-state index in [1.54, 1.807) is 0 Å². The maximum atomic E-state index is 13.0. The molecule has 3 rings (SSSR count). The standard InChI is InChI=1S/C16H28N2O/c1-3-13-8-4-5-9-14(13)18-12(2)17-16(15(18)19)10-6-7-11-16/h12-14,17H,3-11H2,1-2H3. The van der Waals surface area contributed by atoms with Crippen LogP contribution >= 0.6 is 0 Å². The van der Waals surface area contributed by atoms with Gasteiger partial charge >= 0.3 is 0 Å². The van der Waals surface area contributed by atoms with Gasteiger partial charge in [0.25, 0.3) is 0 Å². The van der Waals surface area contributed by atoms with Crippen LogP contribution in [0.25, 0.3) is 0 Å². The van der Waals surface area contributed by atoms with Gasteiger partial charge in [0.1, 0.15) is 0 Å². The predicted octanol–water partition coefficient (Wildman–Crippen LogP) is 3.05. The Kier molecular flexibility index (Phi) is 3.59. The Bertz CT molecular complexity index is 349. The molecule has 3 atom stereocenters. The highest BCUT2D eigenvalue weighted by Crippen LogP contribution is 2.40. The Hall–Kier alpha value is -0.570. The van der Waals surface area contributed by atoms with Crippen LogP contribution in [0.1, 0.15) is 71.6 Å². The fourth-order valence-corrected chi connectivity index (χ4v) is 4.76. The van der Waals surface area contributed by atoms with E-state index in [0.717, 1.165) is 18.8 Å². The average Bonchev–Trinajstić information content (AvgIpc) is 2.97. The van der Waals surface area contributed by atoms with Gasteiger partial charge in [-0.3, -0.25) is 10.1 Å². The molecule has 1 aliphatic heterocycles. The number of rotatable bonds is 2. The zero-order chi connectivity index (χ0) is 13.5. The maximum absolute atomic E-state index is 13.0. The van der Waals surface area contributed by atoms with E-state index in [9.17, 15) is 4.79 Å². The zero-order valence-corrected chi connectivity index (χ0v) is 12.5. The summed E-state index contributed by atoms with van der Waals surface area (Å²) in [5, 5.41) is 3.65.